The van der Waals surface area contributed by atoms with Crippen LogP contribution in [0.5, 0.6) is 0 Å². The standard InChI is InChI=1S/C13H12N2O3S/c16-11-9-5-2-1-3-8(5)19-12(9)15-10(14-11)6-4-7(6)13(17)18/h6-7H,1-4H2,(H,17,18)(H,14,15,16)/t6-,7-/m0/s1. The van der Waals surface area contributed by atoms with E-state index < -0.39 is 5.97 Å². The Balaban J connectivity index is 1.84. The third kappa shape index (κ3) is 1.56. The van der Waals surface area contributed by atoms with E-state index in [0.29, 0.717) is 12.2 Å². The number of nitrogens with zero attached hydrogens (tertiary/aromatic N) is 1. The molecule has 98 valence electrons. The molecule has 1 fully saturated rings. The van der Waals surface area contributed by atoms with E-state index in [2.05, 4.69) is 9.97 Å². The van der Waals surface area contributed by atoms with Crippen molar-refractivity contribution in [2.45, 2.75) is 31.6 Å². The van der Waals surface area contributed by atoms with Crippen LogP contribution in [0.3, 0.4) is 0 Å². The summed E-state index contributed by atoms with van der Waals surface area (Å²) in [5.74, 6) is -0.759. The van der Waals surface area contributed by atoms with E-state index in [0.717, 1.165) is 35.0 Å². The van der Waals surface area contributed by atoms with Gasteiger partial charge in [-0.3, -0.25) is 9.59 Å². The Morgan fingerprint density at radius 2 is 2.26 bits per heavy atom. The van der Waals surface area contributed by atoms with Crippen LogP contribution in [0.25, 0.3) is 10.2 Å². The molecule has 1 saturated carbocycles. The quantitative estimate of drug-likeness (QED) is 0.874. The molecule has 2 N–H and O–H groups in total. The third-order valence-electron chi connectivity index (χ3n) is 4.05. The minimum atomic E-state index is -0.804. The molecule has 0 unspecified atom stereocenters. The normalized spacial score (nSPS) is 24.6. The number of aliphatic carboxylic acids is 1. The summed E-state index contributed by atoms with van der Waals surface area (Å²) in [6, 6.07) is 0. The molecular formula is C13H12N2O3S. The first-order chi connectivity index (χ1) is 9.15. The van der Waals surface area contributed by atoms with E-state index >= 15 is 0 Å². The zero-order valence-electron chi connectivity index (χ0n) is 10.1. The highest BCUT2D eigenvalue weighted by Gasteiger charge is 2.46. The molecule has 0 aliphatic heterocycles. The predicted molar refractivity (Wildman–Crippen MR) is 70.7 cm³/mol. The largest absolute Gasteiger partial charge is 0.481 e. The molecule has 2 aliphatic carbocycles. The molecule has 0 amide bonds. The number of thiophene rings is 1. The van der Waals surface area contributed by atoms with Gasteiger partial charge in [-0.25, -0.2) is 4.98 Å². The van der Waals surface area contributed by atoms with Crippen molar-refractivity contribution in [3.05, 3.63) is 26.6 Å². The highest BCUT2D eigenvalue weighted by atomic mass is 32.1. The third-order valence-corrected chi connectivity index (χ3v) is 5.24. The Morgan fingerprint density at radius 1 is 1.42 bits per heavy atom. The number of rotatable bonds is 2. The smallest absolute Gasteiger partial charge is 0.307 e. The Hall–Kier alpha value is -1.69. The van der Waals surface area contributed by atoms with Crippen molar-refractivity contribution in [1.29, 1.82) is 0 Å². The van der Waals surface area contributed by atoms with Crippen LogP contribution in [0.15, 0.2) is 4.79 Å². The van der Waals surface area contributed by atoms with Gasteiger partial charge in [0, 0.05) is 10.8 Å². The van der Waals surface area contributed by atoms with Crippen molar-refractivity contribution in [2.75, 3.05) is 0 Å². The predicted octanol–water partition coefficient (Wildman–Crippen LogP) is 1.66. The summed E-state index contributed by atoms with van der Waals surface area (Å²) >= 11 is 1.59. The van der Waals surface area contributed by atoms with Crippen LogP contribution in [0.1, 0.15) is 35.0 Å². The van der Waals surface area contributed by atoms with E-state index in [4.69, 9.17) is 5.11 Å². The van der Waals surface area contributed by atoms with Gasteiger partial charge in [0.2, 0.25) is 0 Å². The lowest BCUT2D eigenvalue weighted by Gasteiger charge is -1.99. The van der Waals surface area contributed by atoms with Gasteiger partial charge in [0.15, 0.2) is 0 Å². The molecule has 0 aromatic carbocycles. The molecule has 2 aromatic heterocycles. The number of H-pyrrole nitrogens is 1. The molecule has 2 aliphatic rings. The lowest BCUT2D eigenvalue weighted by atomic mass is 10.2. The average molecular weight is 276 g/mol. The molecule has 0 bridgehead atoms. The van der Waals surface area contributed by atoms with Crippen LogP contribution in [0, 0.1) is 5.92 Å². The average Bonchev–Trinajstić information content (AvgIpc) is 2.91. The van der Waals surface area contributed by atoms with Crippen LogP contribution >= 0.6 is 11.3 Å². The van der Waals surface area contributed by atoms with Crippen LogP contribution in [0.2, 0.25) is 0 Å². The van der Waals surface area contributed by atoms with Crippen molar-refractivity contribution in [2.24, 2.45) is 5.92 Å². The minimum absolute atomic E-state index is 0.101. The van der Waals surface area contributed by atoms with Gasteiger partial charge in [-0.05, 0) is 31.2 Å². The Labute approximate surface area is 112 Å². The zero-order valence-corrected chi connectivity index (χ0v) is 10.9. The number of aromatic amines is 1. The highest BCUT2D eigenvalue weighted by Crippen LogP contribution is 2.46. The van der Waals surface area contributed by atoms with Crippen LogP contribution in [-0.4, -0.2) is 21.0 Å². The Bertz CT molecular complexity index is 761. The Kier molecular flexibility index (Phi) is 2.15. The first kappa shape index (κ1) is 11.2. The van der Waals surface area contributed by atoms with Gasteiger partial charge < -0.3 is 10.1 Å². The van der Waals surface area contributed by atoms with Crippen molar-refractivity contribution in [3.63, 3.8) is 0 Å². The molecule has 19 heavy (non-hydrogen) atoms. The van der Waals surface area contributed by atoms with Gasteiger partial charge in [0.25, 0.3) is 5.56 Å². The summed E-state index contributed by atoms with van der Waals surface area (Å²) in [6.45, 7) is 0. The fourth-order valence-corrected chi connectivity index (χ4v) is 4.23. The number of aryl methyl sites for hydroxylation is 2. The van der Waals surface area contributed by atoms with E-state index in [9.17, 15) is 9.59 Å². The second-order valence-corrected chi connectivity index (χ2v) is 6.36. The molecule has 2 atom stereocenters. The number of nitrogens with one attached hydrogen (secondary N) is 1. The number of hydrogen-bond donors (Lipinski definition) is 2. The zero-order chi connectivity index (χ0) is 13.1. The molecule has 0 saturated heterocycles. The van der Waals surface area contributed by atoms with Gasteiger partial charge >= 0.3 is 5.97 Å². The minimum Gasteiger partial charge on any atom is -0.481 e. The maximum absolute atomic E-state index is 12.2. The van der Waals surface area contributed by atoms with Crippen LogP contribution in [0.4, 0.5) is 0 Å². The lowest BCUT2D eigenvalue weighted by Crippen LogP contribution is -2.12. The monoisotopic (exact) mass is 276 g/mol. The van der Waals surface area contributed by atoms with Crippen LogP contribution < -0.4 is 5.56 Å². The van der Waals surface area contributed by atoms with Crippen LogP contribution in [-0.2, 0) is 17.6 Å². The summed E-state index contributed by atoms with van der Waals surface area (Å²) in [6.07, 6.45) is 3.68. The lowest BCUT2D eigenvalue weighted by molar-refractivity contribution is -0.138. The van der Waals surface area contributed by atoms with Crippen molar-refractivity contribution < 1.29 is 9.90 Å². The SMILES string of the molecule is O=C(O)[C@H]1C[C@@H]1c1nc2sc3c(c2c(=O)[nH]1)CCC3. The molecule has 2 aromatic rings. The molecular weight excluding hydrogens is 264 g/mol. The van der Waals surface area contributed by atoms with Crippen molar-refractivity contribution in [3.8, 4) is 0 Å². The van der Waals surface area contributed by atoms with E-state index in [1.54, 1.807) is 11.3 Å². The number of carboxylic acid groups (broad SMARTS) is 1. The fraction of sp³-hybridized carbons (Fsp3) is 0.462. The van der Waals surface area contributed by atoms with E-state index in [1.807, 2.05) is 0 Å². The first-order valence-electron chi connectivity index (χ1n) is 6.42. The molecule has 2 heterocycles. The summed E-state index contributed by atoms with van der Waals surface area (Å²) in [5, 5.41) is 9.68. The van der Waals surface area contributed by atoms with Gasteiger partial charge in [-0.1, -0.05) is 0 Å². The summed E-state index contributed by atoms with van der Waals surface area (Å²) < 4.78 is 0. The number of carboxylic acids is 1. The Morgan fingerprint density at radius 3 is 3.00 bits per heavy atom. The highest BCUT2D eigenvalue weighted by molar-refractivity contribution is 7.18. The topological polar surface area (TPSA) is 83.0 Å². The maximum atomic E-state index is 12.2. The number of fused-ring (bicyclic) bond motifs is 3. The number of aromatic nitrogens is 2. The molecule has 6 heteroatoms. The number of hydrogen-bond acceptors (Lipinski definition) is 4. The van der Waals surface area contributed by atoms with Gasteiger partial charge in [-0.2, -0.15) is 0 Å². The summed E-state index contributed by atoms with van der Waals surface area (Å²) in [5.41, 5.74) is 1.06. The van der Waals surface area contributed by atoms with E-state index in [1.165, 1.54) is 4.88 Å². The fourth-order valence-electron chi connectivity index (χ4n) is 2.96. The molecule has 0 radical (unpaired) electrons. The van der Waals surface area contributed by atoms with Gasteiger partial charge in [-0.15, -0.1) is 11.3 Å². The molecule has 0 spiro atoms. The first-order valence-corrected chi connectivity index (χ1v) is 7.24. The second kappa shape index (κ2) is 3.66. The van der Waals surface area contributed by atoms with Gasteiger partial charge in [0.1, 0.15) is 10.7 Å². The number of carbonyl (C=O) groups is 1. The second-order valence-electron chi connectivity index (χ2n) is 5.28. The molecule has 5 nitrogen and oxygen atoms in total. The summed E-state index contributed by atoms with van der Waals surface area (Å²) in [4.78, 5) is 32.4. The van der Waals surface area contributed by atoms with Crippen molar-refractivity contribution in [1.82, 2.24) is 9.97 Å². The summed E-state index contributed by atoms with van der Waals surface area (Å²) in [7, 11) is 0. The van der Waals surface area contributed by atoms with Crippen molar-refractivity contribution >= 4 is 27.5 Å². The maximum Gasteiger partial charge on any atom is 0.307 e. The molecule has 4 rings (SSSR count). The van der Waals surface area contributed by atoms with E-state index in [-0.39, 0.29) is 17.4 Å². The van der Waals surface area contributed by atoms with Gasteiger partial charge in [0.05, 0.1) is 11.3 Å².